The largest absolute Gasteiger partial charge is 0.496 e. The number of nitrogens with one attached hydrogen (secondary N) is 1. The Kier molecular flexibility index (Phi) is 5.76. The average Bonchev–Trinajstić information content (AvgIpc) is 3.07. The Balaban J connectivity index is 1.87. The Hall–Kier alpha value is -2.34. The first-order valence-electron chi connectivity index (χ1n) is 7.15. The molecule has 0 fully saturated rings. The zero-order chi connectivity index (χ0) is 16.8. The number of carbonyl (C=O) groups is 2. The summed E-state index contributed by atoms with van der Waals surface area (Å²) in [4.78, 5) is 24.9. The van der Waals surface area contributed by atoms with Crippen molar-refractivity contribution in [2.45, 2.75) is 19.9 Å². The van der Waals surface area contributed by atoms with Crippen LogP contribution < -0.4 is 10.1 Å². The zero-order valence-corrected chi connectivity index (χ0v) is 14.1. The van der Waals surface area contributed by atoms with Crippen molar-refractivity contribution < 1.29 is 19.1 Å². The molecule has 23 heavy (non-hydrogen) atoms. The summed E-state index contributed by atoms with van der Waals surface area (Å²) >= 11 is 1.56. The van der Waals surface area contributed by atoms with Gasteiger partial charge in [0.15, 0.2) is 6.61 Å². The van der Waals surface area contributed by atoms with Gasteiger partial charge in [-0.1, -0.05) is 12.1 Å². The van der Waals surface area contributed by atoms with Crippen LogP contribution in [0.15, 0.2) is 35.7 Å². The molecule has 1 aromatic heterocycles. The standard InChI is InChI=1S/C17H19NO4S/c1-11-6-7-13(9-14(11)21-3)17(20)22-10-16(19)18-12(2)15-5-4-8-23-15/h4-9,12H,10H2,1-3H3,(H,18,19)/t12-/m0/s1. The van der Waals surface area contributed by atoms with Gasteiger partial charge in [-0.25, -0.2) is 4.79 Å². The number of carbonyl (C=O) groups excluding carboxylic acids is 2. The van der Waals surface area contributed by atoms with E-state index in [9.17, 15) is 9.59 Å². The third kappa shape index (κ3) is 4.56. The molecule has 0 radical (unpaired) electrons. The van der Waals surface area contributed by atoms with E-state index >= 15 is 0 Å². The van der Waals surface area contributed by atoms with Crippen molar-refractivity contribution in [1.82, 2.24) is 5.32 Å². The first-order chi connectivity index (χ1) is 11.0. The van der Waals surface area contributed by atoms with Crippen LogP contribution in [0.1, 0.15) is 33.8 Å². The Morgan fingerprint density at radius 2 is 2.09 bits per heavy atom. The van der Waals surface area contributed by atoms with Gasteiger partial charge in [0.2, 0.25) is 0 Å². The van der Waals surface area contributed by atoms with Gasteiger partial charge in [-0.05, 0) is 43.0 Å². The molecule has 0 bridgehead atoms. The van der Waals surface area contributed by atoms with Gasteiger partial charge in [0.05, 0.1) is 18.7 Å². The van der Waals surface area contributed by atoms with E-state index in [1.54, 1.807) is 29.5 Å². The van der Waals surface area contributed by atoms with Gasteiger partial charge in [-0.2, -0.15) is 0 Å². The number of benzene rings is 1. The number of hydrogen-bond acceptors (Lipinski definition) is 5. The van der Waals surface area contributed by atoms with E-state index in [1.807, 2.05) is 31.4 Å². The molecule has 0 saturated heterocycles. The van der Waals surface area contributed by atoms with Crippen LogP contribution in [-0.2, 0) is 9.53 Å². The number of hydrogen-bond donors (Lipinski definition) is 1. The molecular formula is C17H19NO4S. The molecule has 122 valence electrons. The summed E-state index contributed by atoms with van der Waals surface area (Å²) in [6.45, 7) is 3.45. The Labute approximate surface area is 139 Å². The van der Waals surface area contributed by atoms with Crippen LogP contribution in [0.4, 0.5) is 0 Å². The molecule has 1 atom stereocenters. The van der Waals surface area contributed by atoms with Crippen LogP contribution in [0.5, 0.6) is 5.75 Å². The zero-order valence-electron chi connectivity index (χ0n) is 13.3. The molecule has 0 spiro atoms. The van der Waals surface area contributed by atoms with E-state index in [4.69, 9.17) is 9.47 Å². The first-order valence-corrected chi connectivity index (χ1v) is 8.03. The van der Waals surface area contributed by atoms with Gasteiger partial charge < -0.3 is 14.8 Å². The maximum absolute atomic E-state index is 12.0. The molecule has 2 rings (SSSR count). The lowest BCUT2D eigenvalue weighted by molar-refractivity contribution is -0.124. The SMILES string of the molecule is COc1cc(C(=O)OCC(=O)N[C@@H](C)c2cccs2)ccc1C. The Bertz CT molecular complexity index is 682. The third-order valence-corrected chi connectivity index (χ3v) is 4.38. The molecule has 0 saturated carbocycles. The quantitative estimate of drug-likeness (QED) is 0.825. The fraction of sp³-hybridized carbons (Fsp3) is 0.294. The van der Waals surface area contributed by atoms with Crippen molar-refractivity contribution in [3.05, 3.63) is 51.7 Å². The minimum absolute atomic E-state index is 0.110. The molecule has 6 heteroatoms. The first kappa shape index (κ1) is 17.0. The summed E-state index contributed by atoms with van der Waals surface area (Å²) < 4.78 is 10.2. The predicted molar refractivity (Wildman–Crippen MR) is 88.9 cm³/mol. The number of esters is 1. The molecular weight excluding hydrogens is 314 g/mol. The van der Waals surface area contributed by atoms with Gasteiger partial charge >= 0.3 is 5.97 Å². The molecule has 1 N–H and O–H groups in total. The number of ether oxygens (including phenoxy) is 2. The highest BCUT2D eigenvalue weighted by Gasteiger charge is 2.14. The monoisotopic (exact) mass is 333 g/mol. The molecule has 1 heterocycles. The second-order valence-electron chi connectivity index (χ2n) is 5.07. The summed E-state index contributed by atoms with van der Waals surface area (Å²) in [5.74, 6) is -0.282. The van der Waals surface area contributed by atoms with Gasteiger partial charge in [0.25, 0.3) is 5.91 Å². The highest BCUT2D eigenvalue weighted by molar-refractivity contribution is 7.10. The molecule has 1 aromatic carbocycles. The number of aryl methyl sites for hydroxylation is 1. The minimum Gasteiger partial charge on any atom is -0.496 e. The number of thiophene rings is 1. The molecule has 1 amide bonds. The van der Waals surface area contributed by atoms with Crippen molar-refractivity contribution in [2.24, 2.45) is 0 Å². The van der Waals surface area contributed by atoms with Gasteiger partial charge in [0.1, 0.15) is 5.75 Å². The Morgan fingerprint density at radius 1 is 1.30 bits per heavy atom. The van der Waals surface area contributed by atoms with E-state index in [-0.39, 0.29) is 18.6 Å². The highest BCUT2D eigenvalue weighted by Crippen LogP contribution is 2.20. The fourth-order valence-electron chi connectivity index (χ4n) is 2.05. The second kappa shape index (κ2) is 7.78. The summed E-state index contributed by atoms with van der Waals surface area (Å²) in [6, 6.07) is 8.78. The third-order valence-electron chi connectivity index (χ3n) is 3.33. The lowest BCUT2D eigenvalue weighted by Gasteiger charge is -2.12. The molecule has 2 aromatic rings. The number of methoxy groups -OCH3 is 1. The lowest BCUT2D eigenvalue weighted by Crippen LogP contribution is -2.30. The predicted octanol–water partition coefficient (Wildman–Crippen LogP) is 3.10. The van der Waals surface area contributed by atoms with Crippen molar-refractivity contribution in [3.63, 3.8) is 0 Å². The van der Waals surface area contributed by atoms with E-state index in [0.29, 0.717) is 11.3 Å². The molecule has 0 aliphatic heterocycles. The molecule has 5 nitrogen and oxygen atoms in total. The van der Waals surface area contributed by atoms with E-state index in [0.717, 1.165) is 10.4 Å². The number of amides is 1. The summed E-state index contributed by atoms with van der Waals surface area (Å²) in [6.07, 6.45) is 0. The molecule has 0 aliphatic rings. The maximum atomic E-state index is 12.0. The summed E-state index contributed by atoms with van der Waals surface area (Å²) in [7, 11) is 1.54. The van der Waals surface area contributed by atoms with Crippen molar-refractivity contribution >= 4 is 23.2 Å². The van der Waals surface area contributed by atoms with Crippen molar-refractivity contribution in [1.29, 1.82) is 0 Å². The van der Waals surface area contributed by atoms with Crippen LogP contribution in [0, 0.1) is 6.92 Å². The maximum Gasteiger partial charge on any atom is 0.338 e. The van der Waals surface area contributed by atoms with Crippen LogP contribution >= 0.6 is 11.3 Å². The average molecular weight is 333 g/mol. The second-order valence-corrected chi connectivity index (χ2v) is 6.04. The van der Waals surface area contributed by atoms with Gasteiger partial charge in [-0.3, -0.25) is 4.79 Å². The van der Waals surface area contributed by atoms with Crippen LogP contribution in [0.2, 0.25) is 0 Å². The molecule has 0 aliphatic carbocycles. The van der Waals surface area contributed by atoms with E-state index in [1.165, 1.54) is 7.11 Å². The number of rotatable bonds is 6. The van der Waals surface area contributed by atoms with Gasteiger partial charge in [0, 0.05) is 4.88 Å². The van der Waals surface area contributed by atoms with Gasteiger partial charge in [-0.15, -0.1) is 11.3 Å². The van der Waals surface area contributed by atoms with Crippen molar-refractivity contribution in [2.75, 3.05) is 13.7 Å². The van der Waals surface area contributed by atoms with Crippen LogP contribution in [-0.4, -0.2) is 25.6 Å². The van der Waals surface area contributed by atoms with Crippen LogP contribution in [0.25, 0.3) is 0 Å². The summed E-state index contributed by atoms with van der Waals surface area (Å²) in [5.41, 5.74) is 1.28. The lowest BCUT2D eigenvalue weighted by atomic mass is 10.1. The Morgan fingerprint density at radius 3 is 2.74 bits per heavy atom. The van der Waals surface area contributed by atoms with Crippen molar-refractivity contribution in [3.8, 4) is 5.75 Å². The fourth-order valence-corrected chi connectivity index (χ4v) is 2.79. The van der Waals surface area contributed by atoms with E-state index in [2.05, 4.69) is 5.32 Å². The topological polar surface area (TPSA) is 64.6 Å². The van der Waals surface area contributed by atoms with E-state index < -0.39 is 5.97 Å². The summed E-state index contributed by atoms with van der Waals surface area (Å²) in [5, 5.41) is 4.74. The minimum atomic E-state index is -0.553. The highest BCUT2D eigenvalue weighted by atomic mass is 32.1. The molecule has 0 unspecified atom stereocenters. The smallest absolute Gasteiger partial charge is 0.338 e. The van der Waals surface area contributed by atoms with Crippen LogP contribution in [0.3, 0.4) is 0 Å². The normalized spacial score (nSPS) is 11.6.